The lowest BCUT2D eigenvalue weighted by atomic mass is 9.98. The van der Waals surface area contributed by atoms with E-state index in [-0.39, 0.29) is 18.4 Å². The van der Waals surface area contributed by atoms with Gasteiger partial charge < -0.3 is 5.32 Å². The Hall–Kier alpha value is -1.40. The Morgan fingerprint density at radius 1 is 1.30 bits per heavy atom. The van der Waals surface area contributed by atoms with Gasteiger partial charge in [-0.25, -0.2) is 8.42 Å². The summed E-state index contributed by atoms with van der Waals surface area (Å²) in [5, 5.41) is 2.94. The van der Waals surface area contributed by atoms with Gasteiger partial charge in [0.1, 0.15) is 0 Å². The van der Waals surface area contributed by atoms with E-state index < -0.39 is 10.0 Å². The second-order valence-electron chi connectivity index (χ2n) is 6.49. The van der Waals surface area contributed by atoms with Crippen molar-refractivity contribution in [1.82, 2.24) is 9.62 Å². The third-order valence-corrected chi connectivity index (χ3v) is 6.04. The second-order valence-corrected chi connectivity index (χ2v) is 8.43. The van der Waals surface area contributed by atoms with Crippen molar-refractivity contribution in [3.63, 3.8) is 0 Å². The number of rotatable bonds is 6. The fourth-order valence-electron chi connectivity index (χ4n) is 2.74. The molecule has 1 aliphatic rings. The molecule has 1 heterocycles. The van der Waals surface area contributed by atoms with Crippen LogP contribution in [0.5, 0.6) is 0 Å². The van der Waals surface area contributed by atoms with Crippen LogP contribution in [0.1, 0.15) is 33.1 Å². The maximum atomic E-state index is 12.7. The minimum Gasteiger partial charge on any atom is -0.356 e. The van der Waals surface area contributed by atoms with Crippen LogP contribution in [0.2, 0.25) is 0 Å². The molecule has 0 aliphatic carbocycles. The lowest BCUT2D eigenvalue weighted by Crippen LogP contribution is -2.45. The zero-order valence-corrected chi connectivity index (χ0v) is 14.7. The highest BCUT2D eigenvalue weighted by Crippen LogP contribution is 2.23. The van der Waals surface area contributed by atoms with Gasteiger partial charge in [-0.1, -0.05) is 32.0 Å². The summed E-state index contributed by atoms with van der Waals surface area (Å²) in [7, 11) is -3.51. The average Bonchev–Trinajstić information content (AvgIpc) is 2.55. The summed E-state index contributed by atoms with van der Waals surface area (Å²) in [6.45, 7) is 5.62. The summed E-state index contributed by atoms with van der Waals surface area (Å²) in [6, 6.07) is 8.42. The van der Waals surface area contributed by atoms with Crippen molar-refractivity contribution in [2.45, 2.75) is 38.0 Å². The van der Waals surface area contributed by atoms with Crippen LogP contribution < -0.4 is 5.32 Å². The molecule has 5 nitrogen and oxygen atoms in total. The van der Waals surface area contributed by atoms with Crippen molar-refractivity contribution >= 4 is 15.9 Å². The zero-order valence-electron chi connectivity index (χ0n) is 13.9. The molecule has 1 aromatic rings. The molecule has 1 saturated heterocycles. The highest BCUT2D eigenvalue weighted by atomic mass is 32.2. The number of hydrogen-bond donors (Lipinski definition) is 1. The van der Waals surface area contributed by atoms with Gasteiger partial charge in [-0.15, -0.1) is 0 Å². The fourth-order valence-corrected chi connectivity index (χ4v) is 4.29. The third-order valence-electron chi connectivity index (χ3n) is 4.16. The van der Waals surface area contributed by atoms with E-state index in [1.807, 2.05) is 0 Å². The number of benzene rings is 1. The Bertz CT molecular complexity index is 614. The van der Waals surface area contributed by atoms with Crippen LogP contribution >= 0.6 is 0 Å². The molecule has 1 unspecified atom stereocenters. The number of carbonyl (C=O) groups excluding carboxylic acids is 1. The van der Waals surface area contributed by atoms with Gasteiger partial charge >= 0.3 is 0 Å². The first kappa shape index (κ1) is 17.9. The molecule has 0 saturated carbocycles. The lowest BCUT2D eigenvalue weighted by molar-refractivity contribution is -0.126. The van der Waals surface area contributed by atoms with Crippen molar-refractivity contribution in [3.8, 4) is 0 Å². The minimum absolute atomic E-state index is 0.0291. The van der Waals surface area contributed by atoms with Crippen molar-refractivity contribution < 1.29 is 13.2 Å². The van der Waals surface area contributed by atoms with Crippen LogP contribution in [0, 0.1) is 11.8 Å². The highest BCUT2D eigenvalue weighted by Gasteiger charge is 2.33. The van der Waals surface area contributed by atoms with E-state index in [9.17, 15) is 13.2 Å². The maximum absolute atomic E-state index is 12.7. The van der Waals surface area contributed by atoms with Crippen molar-refractivity contribution in [3.05, 3.63) is 30.3 Å². The Morgan fingerprint density at radius 2 is 2.00 bits per heavy atom. The summed E-state index contributed by atoms with van der Waals surface area (Å²) in [5.74, 6) is 0.254. The Kier molecular flexibility index (Phi) is 6.18. The first-order valence-corrected chi connectivity index (χ1v) is 9.68. The predicted molar refractivity (Wildman–Crippen MR) is 90.4 cm³/mol. The quantitative estimate of drug-likeness (QED) is 0.865. The zero-order chi connectivity index (χ0) is 16.9. The first-order chi connectivity index (χ1) is 10.9. The van der Waals surface area contributed by atoms with E-state index in [1.165, 1.54) is 4.31 Å². The minimum atomic E-state index is -3.51. The smallest absolute Gasteiger partial charge is 0.243 e. The molecule has 0 spiro atoms. The summed E-state index contributed by atoms with van der Waals surface area (Å²) < 4.78 is 26.7. The van der Waals surface area contributed by atoms with Crippen LogP contribution in [0.25, 0.3) is 0 Å². The third kappa shape index (κ3) is 4.78. The van der Waals surface area contributed by atoms with Gasteiger partial charge in [0.2, 0.25) is 15.9 Å². The number of hydrogen-bond acceptors (Lipinski definition) is 3. The van der Waals surface area contributed by atoms with Crippen LogP contribution in [-0.4, -0.2) is 38.3 Å². The van der Waals surface area contributed by atoms with E-state index in [0.717, 1.165) is 12.8 Å². The van der Waals surface area contributed by atoms with E-state index in [1.54, 1.807) is 30.3 Å². The van der Waals surface area contributed by atoms with Crippen molar-refractivity contribution in [1.29, 1.82) is 0 Å². The summed E-state index contributed by atoms with van der Waals surface area (Å²) in [5.41, 5.74) is 0. The van der Waals surface area contributed by atoms with Crippen molar-refractivity contribution in [2.75, 3.05) is 19.6 Å². The van der Waals surface area contributed by atoms with Crippen LogP contribution in [0.4, 0.5) is 0 Å². The molecule has 0 aromatic heterocycles. The summed E-state index contributed by atoms with van der Waals surface area (Å²) in [6.07, 6.45) is 2.40. The maximum Gasteiger partial charge on any atom is 0.243 e. The summed E-state index contributed by atoms with van der Waals surface area (Å²) in [4.78, 5) is 12.5. The largest absolute Gasteiger partial charge is 0.356 e. The molecular formula is C17H26N2O3S. The highest BCUT2D eigenvalue weighted by molar-refractivity contribution is 7.89. The van der Waals surface area contributed by atoms with E-state index in [2.05, 4.69) is 19.2 Å². The van der Waals surface area contributed by atoms with E-state index in [0.29, 0.717) is 30.3 Å². The number of piperidine rings is 1. The molecule has 0 radical (unpaired) electrons. The molecule has 1 amide bonds. The Morgan fingerprint density at radius 3 is 2.65 bits per heavy atom. The number of sulfonamides is 1. The van der Waals surface area contributed by atoms with Gasteiger partial charge in [0, 0.05) is 19.6 Å². The van der Waals surface area contributed by atoms with Gasteiger partial charge in [-0.2, -0.15) is 4.31 Å². The number of carbonyl (C=O) groups is 1. The number of nitrogens with one attached hydrogen (secondary N) is 1. The molecule has 1 atom stereocenters. The van der Waals surface area contributed by atoms with Gasteiger partial charge in [-0.05, 0) is 37.3 Å². The molecule has 0 bridgehead atoms. The monoisotopic (exact) mass is 338 g/mol. The fraction of sp³-hybridized carbons (Fsp3) is 0.588. The van der Waals surface area contributed by atoms with Gasteiger partial charge in [0.05, 0.1) is 10.8 Å². The molecule has 6 heteroatoms. The topological polar surface area (TPSA) is 66.5 Å². The van der Waals surface area contributed by atoms with Gasteiger partial charge in [-0.3, -0.25) is 4.79 Å². The number of amides is 1. The Balaban J connectivity index is 1.99. The first-order valence-electron chi connectivity index (χ1n) is 8.24. The average molecular weight is 338 g/mol. The molecule has 1 fully saturated rings. The van der Waals surface area contributed by atoms with Gasteiger partial charge in [0.25, 0.3) is 0 Å². The van der Waals surface area contributed by atoms with Crippen molar-refractivity contribution in [2.24, 2.45) is 11.8 Å². The predicted octanol–water partition coefficient (Wildman–Crippen LogP) is 2.25. The molecular weight excluding hydrogens is 312 g/mol. The summed E-state index contributed by atoms with van der Waals surface area (Å²) >= 11 is 0. The SMILES string of the molecule is CC(C)CCNC(=O)C1CCCN(S(=O)(=O)c2ccccc2)C1. The lowest BCUT2D eigenvalue weighted by Gasteiger charge is -2.31. The number of nitrogens with zero attached hydrogens (tertiary/aromatic N) is 1. The van der Waals surface area contributed by atoms with Crippen LogP contribution in [0.3, 0.4) is 0 Å². The molecule has 1 aromatic carbocycles. The standard InChI is InChI=1S/C17H26N2O3S/c1-14(2)10-11-18-17(20)15-7-6-12-19(13-15)23(21,22)16-8-4-3-5-9-16/h3-5,8-9,14-15H,6-7,10-13H2,1-2H3,(H,18,20). The Labute approximate surface area is 139 Å². The normalized spacial score (nSPS) is 19.7. The molecule has 1 N–H and O–H groups in total. The molecule has 1 aliphatic heterocycles. The second kappa shape index (κ2) is 7.93. The molecule has 2 rings (SSSR count). The van der Waals surface area contributed by atoms with Crippen LogP contribution in [0.15, 0.2) is 35.2 Å². The molecule has 23 heavy (non-hydrogen) atoms. The van der Waals surface area contributed by atoms with Gasteiger partial charge in [0.15, 0.2) is 0 Å². The van der Waals surface area contributed by atoms with E-state index in [4.69, 9.17) is 0 Å². The van der Waals surface area contributed by atoms with E-state index >= 15 is 0 Å². The van der Waals surface area contributed by atoms with Crippen LogP contribution in [-0.2, 0) is 14.8 Å². The molecule has 128 valence electrons.